The molecule has 108 valence electrons. The third kappa shape index (κ3) is 2.04. The first-order valence-electron chi connectivity index (χ1n) is 6.91. The lowest BCUT2D eigenvalue weighted by Crippen LogP contribution is -2.19. The van der Waals surface area contributed by atoms with E-state index in [-0.39, 0.29) is 16.6 Å². The molecule has 0 N–H and O–H groups in total. The number of fused-ring (bicyclic) bond motifs is 1. The van der Waals surface area contributed by atoms with Gasteiger partial charge in [-0.05, 0) is 30.0 Å². The first kappa shape index (κ1) is 13.9. The quantitative estimate of drug-likeness (QED) is 0.789. The molecule has 3 rings (SSSR count). The van der Waals surface area contributed by atoms with Crippen molar-refractivity contribution in [1.82, 2.24) is 9.13 Å². The van der Waals surface area contributed by atoms with Crippen LogP contribution in [0.25, 0.3) is 11.0 Å². The summed E-state index contributed by atoms with van der Waals surface area (Å²) in [5.74, 6) is 0.551. The lowest BCUT2D eigenvalue weighted by Gasteiger charge is -2.21. The number of hydrogen-bond acceptors (Lipinski definition) is 2. The molecule has 0 radical (unpaired) electrons. The summed E-state index contributed by atoms with van der Waals surface area (Å²) in [5.41, 5.74) is 3.10. The molecular weight excluding hydrogens is 320 g/mol. The maximum absolute atomic E-state index is 12.0. The van der Waals surface area contributed by atoms with Crippen molar-refractivity contribution in [1.29, 1.82) is 0 Å². The van der Waals surface area contributed by atoms with Gasteiger partial charge in [0.2, 0.25) is 0 Å². The van der Waals surface area contributed by atoms with Gasteiger partial charge in [0, 0.05) is 20.7 Å². The largest absolute Gasteiger partial charge is 0.376 e. The fourth-order valence-corrected chi connectivity index (χ4v) is 3.93. The van der Waals surface area contributed by atoms with Crippen LogP contribution in [0.3, 0.4) is 0 Å². The highest BCUT2D eigenvalue weighted by Crippen LogP contribution is 2.37. The van der Waals surface area contributed by atoms with Gasteiger partial charge in [-0.2, -0.15) is 0 Å². The van der Waals surface area contributed by atoms with Gasteiger partial charge >= 0.3 is 5.69 Å². The van der Waals surface area contributed by atoms with Crippen molar-refractivity contribution >= 4 is 27.0 Å². The predicted octanol–water partition coefficient (Wildman–Crippen LogP) is 2.74. The molecule has 2 aromatic rings. The third-order valence-electron chi connectivity index (χ3n) is 4.35. The number of aryl methyl sites for hydroxylation is 2. The molecule has 0 spiro atoms. The van der Waals surface area contributed by atoms with E-state index in [0.717, 1.165) is 29.6 Å². The van der Waals surface area contributed by atoms with Crippen molar-refractivity contribution in [2.24, 2.45) is 20.0 Å². The molecule has 1 aliphatic heterocycles. The van der Waals surface area contributed by atoms with Gasteiger partial charge in [0.05, 0.1) is 22.0 Å². The Balaban J connectivity index is 2.05. The third-order valence-corrected chi connectivity index (χ3v) is 5.40. The zero-order valence-corrected chi connectivity index (χ0v) is 13.6. The number of hydrogen-bond donors (Lipinski definition) is 0. The van der Waals surface area contributed by atoms with Crippen LogP contribution in [0, 0.1) is 5.92 Å². The van der Waals surface area contributed by atoms with Crippen molar-refractivity contribution in [2.45, 2.75) is 24.3 Å². The normalized spacial score (nSPS) is 24.4. The Morgan fingerprint density at radius 2 is 2.00 bits per heavy atom. The summed E-state index contributed by atoms with van der Waals surface area (Å²) >= 11 is 3.77. The summed E-state index contributed by atoms with van der Waals surface area (Å²) in [7, 11) is 3.62. The Bertz CT molecular complexity index is 704. The first-order valence-corrected chi connectivity index (χ1v) is 7.83. The van der Waals surface area contributed by atoms with Crippen molar-refractivity contribution in [3.05, 3.63) is 34.2 Å². The zero-order valence-electron chi connectivity index (χ0n) is 12.0. The van der Waals surface area contributed by atoms with Gasteiger partial charge in [-0.3, -0.25) is 9.13 Å². The maximum atomic E-state index is 12.0. The van der Waals surface area contributed by atoms with Crippen LogP contribution in [-0.2, 0) is 18.8 Å². The topological polar surface area (TPSA) is 36.2 Å². The predicted molar refractivity (Wildman–Crippen MR) is 83.3 cm³/mol. The lowest BCUT2D eigenvalue weighted by atomic mass is 9.97. The van der Waals surface area contributed by atoms with E-state index in [0.29, 0.717) is 5.92 Å². The van der Waals surface area contributed by atoms with E-state index in [2.05, 4.69) is 35.0 Å². The molecule has 1 fully saturated rings. The summed E-state index contributed by atoms with van der Waals surface area (Å²) in [6.07, 6.45) is 1.31. The molecule has 1 aliphatic rings. The van der Waals surface area contributed by atoms with Crippen LogP contribution >= 0.6 is 15.9 Å². The van der Waals surface area contributed by atoms with E-state index in [9.17, 15) is 4.79 Å². The lowest BCUT2D eigenvalue weighted by molar-refractivity contribution is 0.0935. The molecule has 5 heteroatoms. The Hall–Kier alpha value is -1.07. The van der Waals surface area contributed by atoms with Crippen LogP contribution in [0.1, 0.15) is 23.7 Å². The fraction of sp³-hybridized carbons (Fsp3) is 0.533. The van der Waals surface area contributed by atoms with Gasteiger partial charge in [-0.1, -0.05) is 28.9 Å². The van der Waals surface area contributed by atoms with Gasteiger partial charge in [0.1, 0.15) is 0 Å². The minimum Gasteiger partial charge on any atom is -0.376 e. The molecule has 1 saturated heterocycles. The monoisotopic (exact) mass is 338 g/mol. The van der Waals surface area contributed by atoms with Crippen LogP contribution in [0.5, 0.6) is 0 Å². The SMILES string of the molecule is CC1CCOC1C(Br)c1ccc2c(c1)n(C)c(=O)n2C. The minimum absolute atomic E-state index is 0.00811. The molecular formula is C15H19BrN2O2. The number of aromatic nitrogens is 2. The fourth-order valence-electron chi connectivity index (χ4n) is 2.98. The van der Waals surface area contributed by atoms with Gasteiger partial charge in [0.25, 0.3) is 0 Å². The Morgan fingerprint density at radius 1 is 1.30 bits per heavy atom. The number of halogens is 1. The highest BCUT2D eigenvalue weighted by Gasteiger charge is 2.31. The molecule has 0 amide bonds. The van der Waals surface area contributed by atoms with E-state index in [1.54, 1.807) is 16.2 Å². The van der Waals surface area contributed by atoms with Gasteiger partial charge < -0.3 is 4.74 Å². The molecule has 2 heterocycles. The van der Waals surface area contributed by atoms with Crippen molar-refractivity contribution in [2.75, 3.05) is 6.61 Å². The van der Waals surface area contributed by atoms with Crippen LogP contribution < -0.4 is 5.69 Å². The first-order chi connectivity index (χ1) is 9.50. The number of nitrogens with zero attached hydrogens (tertiary/aromatic N) is 2. The van der Waals surface area contributed by atoms with Crippen LogP contribution in [0.2, 0.25) is 0 Å². The summed E-state index contributed by atoms with van der Waals surface area (Å²) in [6, 6.07) is 6.18. The van der Waals surface area contributed by atoms with Gasteiger partial charge in [0.15, 0.2) is 0 Å². The summed E-state index contributed by atoms with van der Waals surface area (Å²) in [5, 5.41) is 0. The van der Waals surface area contributed by atoms with Crippen molar-refractivity contribution < 1.29 is 4.74 Å². The molecule has 0 aliphatic carbocycles. The van der Waals surface area contributed by atoms with Crippen LogP contribution in [0.4, 0.5) is 0 Å². The van der Waals surface area contributed by atoms with Crippen molar-refractivity contribution in [3.8, 4) is 0 Å². The second-order valence-corrected chi connectivity index (χ2v) is 6.64. The molecule has 1 aromatic heterocycles. The van der Waals surface area contributed by atoms with Crippen LogP contribution in [0.15, 0.2) is 23.0 Å². The maximum Gasteiger partial charge on any atom is 0.328 e. The summed E-state index contributed by atoms with van der Waals surface area (Å²) < 4.78 is 9.20. The average molecular weight is 339 g/mol. The second kappa shape index (κ2) is 5.04. The highest BCUT2D eigenvalue weighted by molar-refractivity contribution is 9.09. The second-order valence-electron chi connectivity index (χ2n) is 5.65. The average Bonchev–Trinajstić information content (AvgIpc) is 2.97. The van der Waals surface area contributed by atoms with Crippen LogP contribution in [-0.4, -0.2) is 21.8 Å². The van der Waals surface area contributed by atoms with E-state index in [4.69, 9.17) is 4.74 Å². The number of alkyl halides is 1. The molecule has 20 heavy (non-hydrogen) atoms. The Kier molecular flexibility index (Phi) is 3.50. The molecule has 0 bridgehead atoms. The molecule has 4 nitrogen and oxygen atoms in total. The highest BCUT2D eigenvalue weighted by atomic mass is 79.9. The minimum atomic E-state index is 0.00811. The van der Waals surface area contributed by atoms with Gasteiger partial charge in [-0.25, -0.2) is 4.79 Å². The number of ether oxygens (including phenoxy) is 1. The molecule has 1 aromatic carbocycles. The number of benzene rings is 1. The number of rotatable bonds is 2. The zero-order chi connectivity index (χ0) is 14.4. The van der Waals surface area contributed by atoms with E-state index in [1.807, 2.05) is 13.1 Å². The van der Waals surface area contributed by atoms with E-state index < -0.39 is 0 Å². The smallest absolute Gasteiger partial charge is 0.328 e. The van der Waals surface area contributed by atoms with Gasteiger partial charge in [-0.15, -0.1) is 0 Å². The van der Waals surface area contributed by atoms with E-state index >= 15 is 0 Å². The molecule has 0 saturated carbocycles. The standard InChI is InChI=1S/C15H19BrN2O2/c1-9-6-7-20-14(9)13(16)10-4-5-11-12(8-10)18(3)15(19)17(11)2/h4-5,8-9,13-14H,6-7H2,1-3H3. The molecule has 3 atom stereocenters. The van der Waals surface area contributed by atoms with E-state index in [1.165, 1.54) is 0 Å². The number of imidazole rings is 1. The Morgan fingerprint density at radius 3 is 2.65 bits per heavy atom. The van der Waals surface area contributed by atoms with Crippen molar-refractivity contribution in [3.63, 3.8) is 0 Å². The summed E-state index contributed by atoms with van der Waals surface area (Å²) in [4.78, 5) is 12.1. The summed E-state index contributed by atoms with van der Waals surface area (Å²) in [6.45, 7) is 3.06. The molecule has 3 unspecified atom stereocenters. The Labute approximate surface area is 126 Å².